The van der Waals surface area contributed by atoms with Gasteiger partial charge in [0.1, 0.15) is 0 Å². The van der Waals surface area contributed by atoms with Crippen LogP contribution in [0.3, 0.4) is 0 Å². The summed E-state index contributed by atoms with van der Waals surface area (Å²) in [4.78, 5) is 0. The van der Waals surface area contributed by atoms with Crippen LogP contribution in [-0.2, 0) is 11.8 Å². The third kappa shape index (κ3) is 2.70. The first kappa shape index (κ1) is 11.0. The summed E-state index contributed by atoms with van der Waals surface area (Å²) >= 11 is 2.43. The maximum absolute atomic E-state index is 2.43. The summed E-state index contributed by atoms with van der Waals surface area (Å²) in [6, 6.07) is 6.80. The van der Waals surface area contributed by atoms with Crippen molar-refractivity contribution in [1.29, 1.82) is 0 Å². The highest BCUT2D eigenvalue weighted by atomic mass is 127. The van der Waals surface area contributed by atoms with E-state index in [9.17, 15) is 0 Å². The molecule has 0 nitrogen and oxygen atoms in total. The van der Waals surface area contributed by atoms with Gasteiger partial charge in [0.2, 0.25) is 0 Å². The number of rotatable bonds is 1. The van der Waals surface area contributed by atoms with E-state index in [0.717, 1.165) is 6.42 Å². The topological polar surface area (TPSA) is 0 Å². The summed E-state index contributed by atoms with van der Waals surface area (Å²) in [6.07, 6.45) is 1.13. The molecule has 0 radical (unpaired) electrons. The van der Waals surface area contributed by atoms with E-state index in [4.69, 9.17) is 0 Å². The molecule has 1 heteroatoms. The van der Waals surface area contributed by atoms with E-state index in [2.05, 4.69) is 68.5 Å². The van der Waals surface area contributed by atoms with Crippen LogP contribution in [0.15, 0.2) is 18.2 Å². The van der Waals surface area contributed by atoms with Crippen molar-refractivity contribution < 1.29 is 0 Å². The molecule has 13 heavy (non-hydrogen) atoms. The molecule has 1 aromatic rings. The lowest BCUT2D eigenvalue weighted by atomic mass is 9.86. The van der Waals surface area contributed by atoms with Crippen molar-refractivity contribution in [3.8, 4) is 0 Å². The zero-order chi connectivity index (χ0) is 10.1. The molecule has 0 N–H and O–H groups in total. The molecule has 0 saturated carbocycles. The largest absolute Gasteiger partial charge is 0.0613 e. The Hall–Kier alpha value is -0.0500. The van der Waals surface area contributed by atoms with Crippen LogP contribution in [0.1, 0.15) is 38.8 Å². The first-order chi connectivity index (χ1) is 5.95. The van der Waals surface area contributed by atoms with E-state index in [1.165, 1.54) is 14.7 Å². The first-order valence-corrected chi connectivity index (χ1v) is 5.82. The van der Waals surface area contributed by atoms with E-state index in [1.807, 2.05) is 0 Å². The number of hydrogen-bond donors (Lipinski definition) is 0. The highest BCUT2D eigenvalue weighted by Gasteiger charge is 2.16. The molecular formula is C12H17I. The second kappa shape index (κ2) is 3.99. The average molecular weight is 288 g/mol. The lowest BCUT2D eigenvalue weighted by molar-refractivity contribution is 0.586. The van der Waals surface area contributed by atoms with Gasteiger partial charge < -0.3 is 0 Å². The highest BCUT2D eigenvalue weighted by molar-refractivity contribution is 14.1. The molecule has 0 aliphatic heterocycles. The Bertz CT molecular complexity index is 294. The van der Waals surface area contributed by atoms with Gasteiger partial charge in [0.05, 0.1) is 0 Å². The van der Waals surface area contributed by atoms with Crippen molar-refractivity contribution in [2.24, 2.45) is 0 Å². The van der Waals surface area contributed by atoms with E-state index in [1.54, 1.807) is 0 Å². The van der Waals surface area contributed by atoms with E-state index in [-0.39, 0.29) is 5.41 Å². The lowest BCUT2D eigenvalue weighted by Gasteiger charge is -2.21. The Morgan fingerprint density at radius 1 is 1.23 bits per heavy atom. The Morgan fingerprint density at radius 3 is 2.23 bits per heavy atom. The number of aryl methyl sites for hydroxylation is 1. The summed E-state index contributed by atoms with van der Waals surface area (Å²) in [5.74, 6) is 0. The van der Waals surface area contributed by atoms with Crippen molar-refractivity contribution in [2.45, 2.75) is 39.5 Å². The van der Waals surface area contributed by atoms with Crippen LogP contribution in [0, 0.1) is 3.57 Å². The van der Waals surface area contributed by atoms with Gasteiger partial charge >= 0.3 is 0 Å². The van der Waals surface area contributed by atoms with Gasteiger partial charge in [-0.1, -0.05) is 39.8 Å². The van der Waals surface area contributed by atoms with Crippen LogP contribution in [-0.4, -0.2) is 0 Å². The molecule has 0 bridgehead atoms. The molecule has 72 valence electrons. The molecule has 0 amide bonds. The molecule has 0 heterocycles. The standard InChI is InChI=1S/C12H17I/c1-5-9-6-7-10(11(13)8-9)12(2,3)4/h6-8H,5H2,1-4H3. The molecule has 0 aromatic heterocycles. The minimum absolute atomic E-state index is 0.267. The molecule has 0 fully saturated rings. The van der Waals surface area contributed by atoms with Crippen LogP contribution >= 0.6 is 22.6 Å². The Balaban J connectivity index is 3.13. The molecule has 0 aliphatic carbocycles. The maximum Gasteiger partial charge on any atom is 0.0170 e. The van der Waals surface area contributed by atoms with Crippen molar-refractivity contribution in [2.75, 3.05) is 0 Å². The molecule has 0 saturated heterocycles. The van der Waals surface area contributed by atoms with Gasteiger partial charge in [-0.05, 0) is 51.6 Å². The summed E-state index contributed by atoms with van der Waals surface area (Å²) in [7, 11) is 0. The van der Waals surface area contributed by atoms with Crippen molar-refractivity contribution >= 4 is 22.6 Å². The Morgan fingerprint density at radius 2 is 1.85 bits per heavy atom. The lowest BCUT2D eigenvalue weighted by Crippen LogP contribution is -2.13. The predicted octanol–water partition coefficient (Wildman–Crippen LogP) is 4.15. The molecule has 1 aromatic carbocycles. The van der Waals surface area contributed by atoms with Gasteiger partial charge in [0.25, 0.3) is 0 Å². The smallest absolute Gasteiger partial charge is 0.0170 e. The molecule has 1 rings (SSSR count). The third-order valence-electron chi connectivity index (χ3n) is 2.25. The van der Waals surface area contributed by atoms with Gasteiger partial charge in [-0.2, -0.15) is 0 Å². The average Bonchev–Trinajstić information content (AvgIpc) is 2.01. The zero-order valence-electron chi connectivity index (χ0n) is 8.82. The molecular weight excluding hydrogens is 271 g/mol. The van der Waals surface area contributed by atoms with E-state index in [0.29, 0.717) is 0 Å². The fourth-order valence-corrected chi connectivity index (χ4v) is 2.78. The van der Waals surface area contributed by atoms with E-state index >= 15 is 0 Å². The van der Waals surface area contributed by atoms with Crippen LogP contribution < -0.4 is 0 Å². The van der Waals surface area contributed by atoms with Gasteiger partial charge in [-0.15, -0.1) is 0 Å². The summed E-state index contributed by atoms with van der Waals surface area (Å²) in [5.41, 5.74) is 3.14. The maximum atomic E-state index is 2.43. The second-order valence-electron chi connectivity index (χ2n) is 4.42. The summed E-state index contributed by atoms with van der Waals surface area (Å²) in [5, 5.41) is 0. The predicted molar refractivity (Wildman–Crippen MR) is 67.2 cm³/mol. The Labute approximate surface area is 94.9 Å². The third-order valence-corrected chi connectivity index (χ3v) is 3.14. The number of halogens is 1. The number of benzene rings is 1. The monoisotopic (exact) mass is 288 g/mol. The van der Waals surface area contributed by atoms with Gasteiger partial charge in [-0.3, -0.25) is 0 Å². The van der Waals surface area contributed by atoms with Gasteiger partial charge in [0, 0.05) is 3.57 Å². The second-order valence-corrected chi connectivity index (χ2v) is 5.58. The van der Waals surface area contributed by atoms with Crippen molar-refractivity contribution in [1.82, 2.24) is 0 Å². The fourth-order valence-electron chi connectivity index (χ4n) is 1.39. The van der Waals surface area contributed by atoms with Gasteiger partial charge in [0.15, 0.2) is 0 Å². The molecule has 0 spiro atoms. The highest BCUT2D eigenvalue weighted by Crippen LogP contribution is 2.27. The first-order valence-electron chi connectivity index (χ1n) is 4.74. The van der Waals surface area contributed by atoms with E-state index < -0.39 is 0 Å². The van der Waals surface area contributed by atoms with Crippen LogP contribution in [0.2, 0.25) is 0 Å². The van der Waals surface area contributed by atoms with Crippen molar-refractivity contribution in [3.05, 3.63) is 32.9 Å². The Kier molecular flexibility index (Phi) is 3.38. The molecule has 0 atom stereocenters. The van der Waals surface area contributed by atoms with Crippen LogP contribution in [0.4, 0.5) is 0 Å². The quantitative estimate of drug-likeness (QED) is 0.681. The van der Waals surface area contributed by atoms with Crippen LogP contribution in [0.25, 0.3) is 0 Å². The summed E-state index contributed by atoms with van der Waals surface area (Å²) in [6.45, 7) is 8.98. The van der Waals surface area contributed by atoms with Crippen LogP contribution in [0.5, 0.6) is 0 Å². The molecule has 0 aliphatic rings. The molecule has 0 unspecified atom stereocenters. The minimum atomic E-state index is 0.267. The SMILES string of the molecule is CCc1ccc(C(C)(C)C)c(I)c1. The van der Waals surface area contributed by atoms with Crippen molar-refractivity contribution in [3.63, 3.8) is 0 Å². The summed E-state index contributed by atoms with van der Waals surface area (Å²) < 4.78 is 1.39. The zero-order valence-corrected chi connectivity index (χ0v) is 11.0. The number of hydrogen-bond acceptors (Lipinski definition) is 0. The normalized spacial score (nSPS) is 11.8. The fraction of sp³-hybridized carbons (Fsp3) is 0.500. The van der Waals surface area contributed by atoms with Gasteiger partial charge in [-0.25, -0.2) is 0 Å². The minimum Gasteiger partial charge on any atom is -0.0613 e.